The molecule has 0 spiro atoms. The van der Waals surface area contributed by atoms with Crippen LogP contribution in [-0.2, 0) is 5.88 Å². The Morgan fingerprint density at radius 3 is 2.61 bits per heavy atom. The van der Waals surface area contributed by atoms with E-state index in [-0.39, 0.29) is 5.82 Å². The molecule has 0 aliphatic carbocycles. The van der Waals surface area contributed by atoms with Gasteiger partial charge in [-0.15, -0.1) is 11.6 Å². The van der Waals surface area contributed by atoms with E-state index in [1.54, 1.807) is 13.0 Å². The molecule has 0 saturated carbocycles. The Morgan fingerprint density at radius 2 is 1.94 bits per heavy atom. The predicted molar refractivity (Wildman–Crippen MR) is 74.9 cm³/mol. The summed E-state index contributed by atoms with van der Waals surface area (Å²) in [5.41, 5.74) is 1.64. The van der Waals surface area contributed by atoms with Crippen molar-refractivity contribution in [2.24, 2.45) is 0 Å². The number of benzene rings is 2. The van der Waals surface area contributed by atoms with Crippen LogP contribution in [0.25, 0.3) is 0 Å². The smallest absolute Gasteiger partial charge is 0.132 e. The predicted octanol–water partition coefficient (Wildman–Crippen LogP) is 5.43. The summed E-state index contributed by atoms with van der Waals surface area (Å²) < 4.78 is 19.7. The molecule has 4 heteroatoms. The Morgan fingerprint density at radius 1 is 1.17 bits per heavy atom. The molecule has 0 radical (unpaired) electrons. The lowest BCUT2D eigenvalue weighted by molar-refractivity contribution is 0.472. The van der Waals surface area contributed by atoms with Gasteiger partial charge in [-0.2, -0.15) is 0 Å². The van der Waals surface area contributed by atoms with E-state index in [9.17, 15) is 4.39 Å². The van der Waals surface area contributed by atoms with Gasteiger partial charge < -0.3 is 4.74 Å². The Kier molecular flexibility index (Phi) is 4.25. The lowest BCUT2D eigenvalue weighted by Crippen LogP contribution is -1.92. The SMILES string of the molecule is Cc1cc(F)ccc1Oc1cc(Br)ccc1CCl. The second-order valence-corrected chi connectivity index (χ2v) is 5.08. The van der Waals surface area contributed by atoms with Crippen LogP contribution < -0.4 is 4.74 Å². The third-order valence-electron chi connectivity index (χ3n) is 2.53. The van der Waals surface area contributed by atoms with Crippen molar-refractivity contribution in [2.45, 2.75) is 12.8 Å². The lowest BCUT2D eigenvalue weighted by Gasteiger charge is -2.12. The minimum Gasteiger partial charge on any atom is -0.457 e. The van der Waals surface area contributed by atoms with Crippen molar-refractivity contribution in [1.82, 2.24) is 0 Å². The normalized spacial score (nSPS) is 10.4. The quantitative estimate of drug-likeness (QED) is 0.682. The molecular formula is C14H11BrClFO. The van der Waals surface area contributed by atoms with Crippen LogP contribution in [0, 0.1) is 12.7 Å². The molecule has 1 nitrogen and oxygen atoms in total. The summed E-state index contributed by atoms with van der Waals surface area (Å²) in [6.45, 7) is 1.80. The number of alkyl halides is 1. The number of rotatable bonds is 3. The van der Waals surface area contributed by atoms with Crippen LogP contribution in [0.2, 0.25) is 0 Å². The van der Waals surface area contributed by atoms with E-state index in [4.69, 9.17) is 16.3 Å². The van der Waals surface area contributed by atoms with Crippen molar-refractivity contribution in [1.29, 1.82) is 0 Å². The van der Waals surface area contributed by atoms with E-state index in [1.807, 2.05) is 18.2 Å². The van der Waals surface area contributed by atoms with Crippen LogP contribution in [0.5, 0.6) is 11.5 Å². The van der Waals surface area contributed by atoms with Gasteiger partial charge in [0.2, 0.25) is 0 Å². The monoisotopic (exact) mass is 328 g/mol. The topological polar surface area (TPSA) is 9.23 Å². The zero-order valence-corrected chi connectivity index (χ0v) is 12.1. The van der Waals surface area contributed by atoms with Crippen LogP contribution in [0.4, 0.5) is 4.39 Å². The molecule has 0 atom stereocenters. The van der Waals surface area contributed by atoms with Gasteiger partial charge in [-0.25, -0.2) is 4.39 Å². The van der Waals surface area contributed by atoms with Gasteiger partial charge in [0.1, 0.15) is 17.3 Å². The molecular weight excluding hydrogens is 319 g/mol. The number of aryl methyl sites for hydroxylation is 1. The lowest BCUT2D eigenvalue weighted by atomic mass is 10.2. The first kappa shape index (κ1) is 13.4. The molecule has 0 unspecified atom stereocenters. The number of ether oxygens (including phenoxy) is 1. The average molecular weight is 330 g/mol. The molecule has 2 aromatic carbocycles. The molecule has 0 fully saturated rings. The Balaban J connectivity index is 2.36. The molecule has 0 N–H and O–H groups in total. The number of halogens is 3. The summed E-state index contributed by atoms with van der Waals surface area (Å²) in [7, 11) is 0. The van der Waals surface area contributed by atoms with E-state index in [0.717, 1.165) is 15.6 Å². The Labute approximate surface area is 119 Å². The number of hydrogen-bond acceptors (Lipinski definition) is 1. The fourth-order valence-electron chi connectivity index (χ4n) is 1.58. The Hall–Kier alpha value is -1.06. The second-order valence-electron chi connectivity index (χ2n) is 3.90. The fraction of sp³-hybridized carbons (Fsp3) is 0.143. The van der Waals surface area contributed by atoms with Gasteiger partial charge in [0, 0.05) is 10.0 Å². The fourth-order valence-corrected chi connectivity index (χ4v) is 2.14. The summed E-state index contributed by atoms with van der Waals surface area (Å²) in [6, 6.07) is 10.1. The average Bonchev–Trinajstić information content (AvgIpc) is 2.33. The third kappa shape index (κ3) is 3.03. The molecule has 0 aromatic heterocycles. The Bertz CT molecular complexity index is 572. The maximum atomic E-state index is 13.0. The highest BCUT2D eigenvalue weighted by atomic mass is 79.9. The van der Waals surface area contributed by atoms with Crippen molar-refractivity contribution in [3.8, 4) is 11.5 Å². The molecule has 94 valence electrons. The summed E-state index contributed by atoms with van der Waals surface area (Å²) in [5.74, 6) is 1.39. The largest absolute Gasteiger partial charge is 0.457 e. The summed E-state index contributed by atoms with van der Waals surface area (Å²) in [6.07, 6.45) is 0. The van der Waals surface area contributed by atoms with E-state index in [1.165, 1.54) is 12.1 Å². The van der Waals surface area contributed by atoms with Crippen molar-refractivity contribution in [2.75, 3.05) is 0 Å². The van der Waals surface area contributed by atoms with Crippen molar-refractivity contribution >= 4 is 27.5 Å². The summed E-state index contributed by atoms with van der Waals surface area (Å²) in [4.78, 5) is 0. The zero-order chi connectivity index (χ0) is 13.1. The zero-order valence-electron chi connectivity index (χ0n) is 9.71. The second kappa shape index (κ2) is 5.72. The van der Waals surface area contributed by atoms with Gasteiger partial charge in [0.15, 0.2) is 0 Å². The van der Waals surface area contributed by atoms with Crippen LogP contribution in [-0.4, -0.2) is 0 Å². The minimum absolute atomic E-state index is 0.272. The van der Waals surface area contributed by atoms with E-state index < -0.39 is 0 Å². The van der Waals surface area contributed by atoms with Crippen LogP contribution in [0.1, 0.15) is 11.1 Å². The minimum atomic E-state index is -0.272. The van der Waals surface area contributed by atoms with Crippen molar-refractivity contribution in [3.63, 3.8) is 0 Å². The molecule has 0 aliphatic rings. The molecule has 2 rings (SSSR count). The number of hydrogen-bond donors (Lipinski definition) is 0. The van der Waals surface area contributed by atoms with Gasteiger partial charge in [-0.1, -0.05) is 22.0 Å². The van der Waals surface area contributed by atoms with Gasteiger partial charge in [-0.3, -0.25) is 0 Å². The van der Waals surface area contributed by atoms with E-state index in [2.05, 4.69) is 15.9 Å². The maximum absolute atomic E-state index is 13.0. The first-order valence-electron chi connectivity index (χ1n) is 5.38. The van der Waals surface area contributed by atoms with Crippen LogP contribution in [0.3, 0.4) is 0 Å². The molecule has 0 aliphatic heterocycles. The van der Waals surface area contributed by atoms with E-state index in [0.29, 0.717) is 17.4 Å². The maximum Gasteiger partial charge on any atom is 0.132 e. The first-order chi connectivity index (χ1) is 8.60. The van der Waals surface area contributed by atoms with Crippen molar-refractivity contribution in [3.05, 3.63) is 57.8 Å². The molecule has 0 amide bonds. The highest BCUT2D eigenvalue weighted by Gasteiger charge is 2.07. The molecule has 0 saturated heterocycles. The molecule has 0 bridgehead atoms. The van der Waals surface area contributed by atoms with Gasteiger partial charge in [-0.05, 0) is 42.8 Å². The van der Waals surface area contributed by atoms with Crippen molar-refractivity contribution < 1.29 is 9.13 Å². The third-order valence-corrected chi connectivity index (χ3v) is 3.31. The highest BCUT2D eigenvalue weighted by molar-refractivity contribution is 9.10. The van der Waals surface area contributed by atoms with Crippen LogP contribution >= 0.6 is 27.5 Å². The standard InChI is InChI=1S/C14H11BrClFO/c1-9-6-12(17)4-5-13(9)18-14-7-11(15)3-2-10(14)8-16/h2-7H,8H2,1H3. The van der Waals surface area contributed by atoms with Gasteiger partial charge in [0.05, 0.1) is 5.88 Å². The first-order valence-corrected chi connectivity index (χ1v) is 6.71. The molecule has 18 heavy (non-hydrogen) atoms. The van der Waals surface area contributed by atoms with Crippen LogP contribution in [0.15, 0.2) is 40.9 Å². The highest BCUT2D eigenvalue weighted by Crippen LogP contribution is 2.31. The van der Waals surface area contributed by atoms with E-state index >= 15 is 0 Å². The summed E-state index contributed by atoms with van der Waals surface area (Å²) in [5, 5.41) is 0. The van der Waals surface area contributed by atoms with Gasteiger partial charge in [0.25, 0.3) is 0 Å². The van der Waals surface area contributed by atoms with Gasteiger partial charge >= 0.3 is 0 Å². The molecule has 0 heterocycles. The molecule has 2 aromatic rings. The summed E-state index contributed by atoms with van der Waals surface area (Å²) >= 11 is 9.25.